The van der Waals surface area contributed by atoms with Gasteiger partial charge in [-0.05, 0) is 42.1 Å². The summed E-state index contributed by atoms with van der Waals surface area (Å²) < 4.78 is 2.24. The molecule has 3 nitrogen and oxygen atoms in total. The highest BCUT2D eigenvalue weighted by molar-refractivity contribution is 7.06. The normalized spacial score (nSPS) is 14.5. The number of rotatable bonds is 3. The molecule has 0 bridgehead atoms. The SMILES string of the molecule is c1ccc(-c2nc(N3CCCC3)s[n+]2-c2ccccc2)cc1. The molecule has 22 heavy (non-hydrogen) atoms. The fraction of sp³-hybridized carbons (Fsp3) is 0.222. The van der Waals surface area contributed by atoms with Crippen LogP contribution in [0.15, 0.2) is 60.7 Å². The monoisotopic (exact) mass is 308 g/mol. The molecule has 2 heterocycles. The molecular formula is C18H18N3S+. The molecule has 1 aromatic heterocycles. The minimum Gasteiger partial charge on any atom is -0.324 e. The molecule has 4 rings (SSSR count). The summed E-state index contributed by atoms with van der Waals surface area (Å²) >= 11 is 1.74. The third-order valence-electron chi connectivity index (χ3n) is 3.97. The summed E-state index contributed by atoms with van der Waals surface area (Å²) in [5.41, 5.74) is 2.33. The van der Waals surface area contributed by atoms with E-state index in [-0.39, 0.29) is 0 Å². The minimum atomic E-state index is 1.03. The first-order valence-electron chi connectivity index (χ1n) is 7.71. The van der Waals surface area contributed by atoms with E-state index in [9.17, 15) is 0 Å². The van der Waals surface area contributed by atoms with E-state index in [1.165, 1.54) is 18.5 Å². The number of benzene rings is 2. The van der Waals surface area contributed by atoms with Gasteiger partial charge in [-0.1, -0.05) is 36.4 Å². The largest absolute Gasteiger partial charge is 0.350 e. The van der Waals surface area contributed by atoms with Crippen LogP contribution < -0.4 is 8.86 Å². The molecule has 2 aromatic carbocycles. The molecular weight excluding hydrogens is 290 g/mol. The van der Waals surface area contributed by atoms with Crippen molar-refractivity contribution in [2.24, 2.45) is 0 Å². The van der Waals surface area contributed by atoms with Crippen molar-refractivity contribution in [3.05, 3.63) is 60.7 Å². The van der Waals surface area contributed by atoms with E-state index in [2.05, 4.69) is 63.5 Å². The molecule has 3 aromatic rings. The van der Waals surface area contributed by atoms with Gasteiger partial charge in [-0.2, -0.15) is 0 Å². The van der Waals surface area contributed by atoms with Crippen molar-refractivity contribution in [3.63, 3.8) is 0 Å². The Balaban J connectivity index is 1.84. The van der Waals surface area contributed by atoms with Gasteiger partial charge in [0.25, 0.3) is 0 Å². The summed E-state index contributed by atoms with van der Waals surface area (Å²) in [7, 11) is 0. The van der Waals surface area contributed by atoms with Crippen molar-refractivity contribution in [2.45, 2.75) is 12.8 Å². The van der Waals surface area contributed by atoms with Crippen LogP contribution in [-0.2, 0) is 0 Å². The number of hydrogen-bond acceptors (Lipinski definition) is 3. The van der Waals surface area contributed by atoms with Gasteiger partial charge in [0, 0.05) is 13.1 Å². The van der Waals surface area contributed by atoms with Gasteiger partial charge >= 0.3 is 11.0 Å². The predicted octanol–water partition coefficient (Wildman–Crippen LogP) is 3.69. The number of hydrogen-bond donors (Lipinski definition) is 0. The Morgan fingerprint density at radius 3 is 2.18 bits per heavy atom. The number of aromatic nitrogens is 2. The first-order valence-corrected chi connectivity index (χ1v) is 8.48. The molecule has 1 aliphatic rings. The van der Waals surface area contributed by atoms with Gasteiger partial charge in [0.1, 0.15) is 17.2 Å². The lowest BCUT2D eigenvalue weighted by Crippen LogP contribution is -2.27. The molecule has 110 valence electrons. The van der Waals surface area contributed by atoms with Crippen molar-refractivity contribution in [3.8, 4) is 17.1 Å². The summed E-state index contributed by atoms with van der Waals surface area (Å²) in [5, 5.41) is 1.13. The van der Waals surface area contributed by atoms with Crippen LogP contribution >= 0.6 is 11.5 Å². The van der Waals surface area contributed by atoms with E-state index in [4.69, 9.17) is 4.98 Å². The lowest BCUT2D eigenvalue weighted by atomic mass is 10.2. The van der Waals surface area contributed by atoms with E-state index in [0.717, 1.165) is 29.6 Å². The zero-order valence-electron chi connectivity index (χ0n) is 12.4. The molecule has 0 radical (unpaired) electrons. The maximum absolute atomic E-state index is 4.95. The van der Waals surface area contributed by atoms with Crippen molar-refractivity contribution in [1.29, 1.82) is 0 Å². The van der Waals surface area contributed by atoms with Gasteiger partial charge in [-0.15, -0.1) is 3.96 Å². The van der Waals surface area contributed by atoms with E-state index in [1.54, 1.807) is 11.5 Å². The molecule has 4 heteroatoms. The van der Waals surface area contributed by atoms with Crippen molar-refractivity contribution in [2.75, 3.05) is 18.0 Å². The second-order valence-corrected chi connectivity index (χ2v) is 6.41. The third-order valence-corrected chi connectivity index (χ3v) is 5.05. The quantitative estimate of drug-likeness (QED) is 0.688. The van der Waals surface area contributed by atoms with Crippen LogP contribution in [0, 0.1) is 0 Å². The molecule has 0 atom stereocenters. The lowest BCUT2D eigenvalue weighted by Gasteiger charge is -2.06. The number of nitrogens with zero attached hydrogens (tertiary/aromatic N) is 3. The van der Waals surface area contributed by atoms with Crippen LogP contribution in [0.25, 0.3) is 17.1 Å². The average Bonchev–Trinajstić information content (AvgIpc) is 3.26. The Labute approximate surface area is 134 Å². The first-order chi connectivity index (χ1) is 10.9. The maximum atomic E-state index is 4.95. The Morgan fingerprint density at radius 1 is 0.864 bits per heavy atom. The summed E-state index contributed by atoms with van der Waals surface area (Å²) in [4.78, 5) is 7.35. The highest BCUT2D eigenvalue weighted by Gasteiger charge is 2.28. The maximum Gasteiger partial charge on any atom is 0.350 e. The van der Waals surface area contributed by atoms with Crippen molar-refractivity contribution < 1.29 is 3.96 Å². The Morgan fingerprint density at radius 2 is 1.50 bits per heavy atom. The molecule has 1 aliphatic heterocycles. The Bertz CT molecular complexity index is 690. The smallest absolute Gasteiger partial charge is 0.324 e. The van der Waals surface area contributed by atoms with Crippen LogP contribution in [0.4, 0.5) is 5.13 Å². The summed E-state index contributed by atoms with van der Waals surface area (Å²) in [6.45, 7) is 2.24. The Hall–Kier alpha value is -2.20. The van der Waals surface area contributed by atoms with Crippen LogP contribution in [0.5, 0.6) is 0 Å². The first kappa shape index (κ1) is 13.5. The van der Waals surface area contributed by atoms with Gasteiger partial charge in [0.05, 0.1) is 5.56 Å². The second kappa shape index (κ2) is 5.89. The summed E-state index contributed by atoms with van der Waals surface area (Å²) in [6, 6.07) is 20.9. The molecule has 1 fully saturated rings. The number of anilines is 1. The second-order valence-electron chi connectivity index (χ2n) is 5.50. The van der Waals surface area contributed by atoms with Gasteiger partial charge in [0.2, 0.25) is 0 Å². The zero-order chi connectivity index (χ0) is 14.8. The van der Waals surface area contributed by atoms with E-state index in [0.29, 0.717) is 0 Å². The highest BCUT2D eigenvalue weighted by atomic mass is 32.1. The number of para-hydroxylation sites is 1. The Kier molecular flexibility index (Phi) is 3.60. The third kappa shape index (κ3) is 2.50. The lowest BCUT2D eigenvalue weighted by molar-refractivity contribution is -0.509. The van der Waals surface area contributed by atoms with E-state index < -0.39 is 0 Å². The van der Waals surface area contributed by atoms with Gasteiger partial charge in [-0.25, -0.2) is 0 Å². The summed E-state index contributed by atoms with van der Waals surface area (Å²) in [6.07, 6.45) is 2.54. The molecule has 0 N–H and O–H groups in total. The zero-order valence-corrected chi connectivity index (χ0v) is 13.2. The van der Waals surface area contributed by atoms with Crippen LogP contribution in [0.1, 0.15) is 12.8 Å². The molecule has 0 unspecified atom stereocenters. The molecule has 0 spiro atoms. The highest BCUT2D eigenvalue weighted by Crippen LogP contribution is 2.26. The fourth-order valence-corrected chi connectivity index (χ4v) is 3.87. The van der Waals surface area contributed by atoms with Crippen LogP contribution in [-0.4, -0.2) is 18.1 Å². The fourth-order valence-electron chi connectivity index (χ4n) is 2.83. The van der Waals surface area contributed by atoms with E-state index >= 15 is 0 Å². The minimum absolute atomic E-state index is 1.03. The van der Waals surface area contributed by atoms with Gasteiger partial charge in [0.15, 0.2) is 0 Å². The van der Waals surface area contributed by atoms with Gasteiger partial charge < -0.3 is 4.90 Å². The van der Waals surface area contributed by atoms with E-state index in [1.807, 2.05) is 6.07 Å². The van der Waals surface area contributed by atoms with Gasteiger partial charge in [-0.3, -0.25) is 0 Å². The van der Waals surface area contributed by atoms with Crippen LogP contribution in [0.2, 0.25) is 0 Å². The molecule has 0 amide bonds. The standard InChI is InChI=1S/C18H18N3S/c1-3-9-15(10-4-1)17-19-18(20-13-7-8-14-20)22-21(17)16-11-5-2-6-12-16/h1-6,9-12H,7-8,13-14H2/q+1. The van der Waals surface area contributed by atoms with Crippen molar-refractivity contribution >= 4 is 16.7 Å². The summed E-state index contributed by atoms with van der Waals surface area (Å²) in [5.74, 6) is 1.03. The molecule has 0 saturated carbocycles. The molecule has 1 saturated heterocycles. The van der Waals surface area contributed by atoms with Crippen LogP contribution in [0.3, 0.4) is 0 Å². The predicted molar refractivity (Wildman–Crippen MR) is 90.5 cm³/mol. The van der Waals surface area contributed by atoms with Crippen molar-refractivity contribution in [1.82, 2.24) is 4.98 Å². The average molecular weight is 308 g/mol. The molecule has 0 aliphatic carbocycles. The topological polar surface area (TPSA) is 20.0 Å².